The lowest BCUT2D eigenvalue weighted by atomic mass is 10.1. The fraction of sp³-hybridized carbons (Fsp3) is 0.233. The number of anilines is 2. The number of benzene rings is 3. The minimum absolute atomic E-state index is 0.144. The maximum atomic E-state index is 13.3. The highest BCUT2D eigenvalue weighted by atomic mass is 16.2. The zero-order valence-electron chi connectivity index (χ0n) is 20.9. The van der Waals surface area contributed by atoms with Gasteiger partial charge in [0.1, 0.15) is 5.69 Å². The first-order chi connectivity index (χ1) is 18.1. The molecule has 1 atom stereocenters. The Morgan fingerprint density at radius 1 is 0.892 bits per heavy atom. The lowest BCUT2D eigenvalue weighted by Gasteiger charge is -2.19. The quantitative estimate of drug-likeness (QED) is 0.350. The molecule has 2 heterocycles. The molecule has 188 valence electrons. The molecule has 0 radical (unpaired) electrons. The van der Waals surface area contributed by atoms with Gasteiger partial charge in [0.2, 0.25) is 5.91 Å². The van der Waals surface area contributed by atoms with Crippen molar-refractivity contribution in [1.29, 1.82) is 0 Å². The highest BCUT2D eigenvalue weighted by Crippen LogP contribution is 2.25. The SMILES string of the molecule is CC(CC(=O)Nc1cccc(N2CCCC2)c1)NC(=O)c1cn(-c2ccccc2)nc1-c1ccccc1. The summed E-state index contributed by atoms with van der Waals surface area (Å²) in [7, 11) is 0. The monoisotopic (exact) mass is 493 g/mol. The van der Waals surface area contributed by atoms with Gasteiger partial charge in [-0.25, -0.2) is 4.68 Å². The Kier molecular flexibility index (Phi) is 7.31. The topological polar surface area (TPSA) is 79.3 Å². The zero-order valence-corrected chi connectivity index (χ0v) is 20.9. The molecule has 0 bridgehead atoms. The third-order valence-corrected chi connectivity index (χ3v) is 6.50. The molecule has 2 amide bonds. The van der Waals surface area contributed by atoms with Gasteiger partial charge in [0.15, 0.2) is 0 Å². The highest BCUT2D eigenvalue weighted by molar-refractivity contribution is 6.00. The summed E-state index contributed by atoms with van der Waals surface area (Å²) in [6.45, 7) is 3.93. The smallest absolute Gasteiger partial charge is 0.255 e. The van der Waals surface area contributed by atoms with E-state index in [9.17, 15) is 9.59 Å². The number of carbonyl (C=O) groups is 2. The molecule has 7 heteroatoms. The van der Waals surface area contributed by atoms with Crippen molar-refractivity contribution in [2.75, 3.05) is 23.3 Å². The van der Waals surface area contributed by atoms with Crippen LogP contribution in [0.1, 0.15) is 36.5 Å². The van der Waals surface area contributed by atoms with Crippen LogP contribution in [0.5, 0.6) is 0 Å². The highest BCUT2D eigenvalue weighted by Gasteiger charge is 2.21. The molecule has 1 aliphatic heterocycles. The number of amides is 2. The fourth-order valence-electron chi connectivity index (χ4n) is 4.66. The summed E-state index contributed by atoms with van der Waals surface area (Å²) in [5.74, 6) is -0.410. The van der Waals surface area contributed by atoms with Gasteiger partial charge in [-0.3, -0.25) is 9.59 Å². The summed E-state index contributed by atoms with van der Waals surface area (Å²) in [5, 5.41) is 10.7. The van der Waals surface area contributed by atoms with E-state index in [0.29, 0.717) is 11.3 Å². The van der Waals surface area contributed by atoms with E-state index in [-0.39, 0.29) is 24.3 Å². The van der Waals surface area contributed by atoms with Crippen LogP contribution in [0, 0.1) is 0 Å². The van der Waals surface area contributed by atoms with Crippen LogP contribution >= 0.6 is 0 Å². The Labute approximate surface area is 217 Å². The van der Waals surface area contributed by atoms with E-state index in [0.717, 1.165) is 35.7 Å². The normalized spacial score (nSPS) is 13.8. The predicted molar refractivity (Wildman–Crippen MR) is 147 cm³/mol. The summed E-state index contributed by atoms with van der Waals surface area (Å²) in [4.78, 5) is 28.4. The molecule has 7 nitrogen and oxygen atoms in total. The van der Waals surface area contributed by atoms with Gasteiger partial charge in [0.05, 0.1) is 11.3 Å². The van der Waals surface area contributed by atoms with E-state index in [2.05, 4.69) is 21.6 Å². The average molecular weight is 494 g/mol. The number of hydrogen-bond donors (Lipinski definition) is 2. The molecule has 4 aromatic rings. The Hall–Kier alpha value is -4.39. The number of rotatable bonds is 8. The van der Waals surface area contributed by atoms with Crippen molar-refractivity contribution in [2.45, 2.75) is 32.2 Å². The second-order valence-corrected chi connectivity index (χ2v) is 9.41. The standard InChI is InChI=1S/C30H31N5O2/c1-22(19-28(36)32-24-13-10-16-26(20-24)34-17-8-9-18-34)31-30(37)27-21-35(25-14-6-3-7-15-25)33-29(27)23-11-4-2-5-12-23/h2-7,10-16,20-22H,8-9,17-19H2,1H3,(H,31,37)(H,32,36). The minimum Gasteiger partial charge on any atom is -0.371 e. The van der Waals surface area contributed by atoms with Gasteiger partial charge < -0.3 is 15.5 Å². The molecule has 0 aliphatic carbocycles. The summed E-state index contributed by atoms with van der Waals surface area (Å²) >= 11 is 0. The number of nitrogens with zero attached hydrogens (tertiary/aromatic N) is 3. The summed E-state index contributed by atoms with van der Waals surface area (Å²) < 4.78 is 1.71. The molecule has 1 aliphatic rings. The molecule has 5 rings (SSSR count). The van der Waals surface area contributed by atoms with Crippen molar-refractivity contribution in [1.82, 2.24) is 15.1 Å². The van der Waals surface area contributed by atoms with Crippen molar-refractivity contribution in [3.8, 4) is 16.9 Å². The summed E-state index contributed by atoms with van der Waals surface area (Å²) in [6, 6.07) is 26.9. The van der Waals surface area contributed by atoms with Crippen molar-refractivity contribution in [3.63, 3.8) is 0 Å². The van der Waals surface area contributed by atoms with E-state index in [4.69, 9.17) is 5.10 Å². The second kappa shape index (κ2) is 11.1. The number of para-hydroxylation sites is 1. The molecular weight excluding hydrogens is 462 g/mol. The summed E-state index contributed by atoms with van der Waals surface area (Å²) in [6.07, 6.45) is 4.30. The van der Waals surface area contributed by atoms with Gasteiger partial charge in [0, 0.05) is 48.7 Å². The molecule has 3 aromatic carbocycles. The molecule has 1 fully saturated rings. The van der Waals surface area contributed by atoms with Crippen molar-refractivity contribution in [2.24, 2.45) is 0 Å². The van der Waals surface area contributed by atoms with Crippen molar-refractivity contribution in [3.05, 3.63) is 96.7 Å². The van der Waals surface area contributed by atoms with Gasteiger partial charge in [-0.05, 0) is 50.1 Å². The van der Waals surface area contributed by atoms with Gasteiger partial charge in [-0.2, -0.15) is 5.10 Å². The Bertz CT molecular complexity index is 1360. The first kappa shape index (κ1) is 24.3. The van der Waals surface area contributed by atoms with Gasteiger partial charge >= 0.3 is 0 Å². The average Bonchev–Trinajstić information content (AvgIpc) is 3.61. The molecule has 2 N–H and O–H groups in total. The maximum Gasteiger partial charge on any atom is 0.255 e. The van der Waals surface area contributed by atoms with Gasteiger partial charge in [-0.1, -0.05) is 54.6 Å². The Balaban J connectivity index is 1.27. The lowest BCUT2D eigenvalue weighted by Crippen LogP contribution is -2.35. The summed E-state index contributed by atoms with van der Waals surface area (Å²) in [5.41, 5.74) is 4.66. The van der Waals surface area contributed by atoms with E-state index >= 15 is 0 Å². The van der Waals surface area contributed by atoms with Crippen LogP contribution in [-0.2, 0) is 4.79 Å². The molecule has 0 saturated carbocycles. The number of aromatic nitrogens is 2. The molecule has 1 unspecified atom stereocenters. The lowest BCUT2D eigenvalue weighted by molar-refractivity contribution is -0.116. The Morgan fingerprint density at radius 2 is 1.57 bits per heavy atom. The van der Waals surface area contributed by atoms with Gasteiger partial charge in [-0.15, -0.1) is 0 Å². The third-order valence-electron chi connectivity index (χ3n) is 6.50. The predicted octanol–water partition coefficient (Wildman–Crippen LogP) is 5.29. The molecule has 37 heavy (non-hydrogen) atoms. The van der Waals surface area contributed by atoms with Crippen LogP contribution in [0.25, 0.3) is 16.9 Å². The van der Waals surface area contributed by atoms with E-state index in [1.807, 2.05) is 85.8 Å². The van der Waals surface area contributed by atoms with Crippen molar-refractivity contribution < 1.29 is 9.59 Å². The molecule has 0 spiro atoms. The number of hydrogen-bond acceptors (Lipinski definition) is 4. The maximum absolute atomic E-state index is 13.3. The Morgan fingerprint density at radius 3 is 2.30 bits per heavy atom. The minimum atomic E-state index is -0.363. The number of carbonyl (C=O) groups excluding carboxylic acids is 2. The van der Waals surface area contributed by atoms with E-state index in [1.165, 1.54) is 12.8 Å². The molecule has 1 saturated heterocycles. The van der Waals surface area contributed by atoms with E-state index in [1.54, 1.807) is 10.9 Å². The largest absolute Gasteiger partial charge is 0.371 e. The van der Waals surface area contributed by atoms with Crippen LogP contribution in [0.15, 0.2) is 91.1 Å². The van der Waals surface area contributed by atoms with Crippen LogP contribution in [0.3, 0.4) is 0 Å². The van der Waals surface area contributed by atoms with E-state index < -0.39 is 0 Å². The van der Waals surface area contributed by atoms with Crippen molar-refractivity contribution >= 4 is 23.2 Å². The first-order valence-electron chi connectivity index (χ1n) is 12.7. The van der Waals surface area contributed by atoms with Crippen LogP contribution < -0.4 is 15.5 Å². The molecule has 1 aromatic heterocycles. The zero-order chi connectivity index (χ0) is 25.6. The van der Waals surface area contributed by atoms with Crippen LogP contribution in [0.4, 0.5) is 11.4 Å². The first-order valence-corrected chi connectivity index (χ1v) is 12.7. The van der Waals surface area contributed by atoms with Crippen LogP contribution in [-0.4, -0.2) is 40.7 Å². The second-order valence-electron chi connectivity index (χ2n) is 9.41. The fourth-order valence-corrected chi connectivity index (χ4v) is 4.66. The third kappa shape index (κ3) is 5.89. The van der Waals surface area contributed by atoms with Crippen LogP contribution in [0.2, 0.25) is 0 Å². The van der Waals surface area contributed by atoms with Gasteiger partial charge in [0.25, 0.3) is 5.91 Å². The number of nitrogens with one attached hydrogen (secondary N) is 2. The molecular formula is C30H31N5O2.